The van der Waals surface area contributed by atoms with Crippen LogP contribution in [-0.4, -0.2) is 31.1 Å². The third-order valence-corrected chi connectivity index (χ3v) is 4.38. The van der Waals surface area contributed by atoms with Crippen LogP contribution in [0.1, 0.15) is 21.6 Å². The summed E-state index contributed by atoms with van der Waals surface area (Å²) in [5, 5.41) is 19.3. The summed E-state index contributed by atoms with van der Waals surface area (Å²) in [5.74, 6) is -0.173. The summed E-state index contributed by atoms with van der Waals surface area (Å²) in [6.45, 7) is 3.78. The molecule has 0 aliphatic heterocycles. The molecule has 0 aliphatic rings. The number of nitrogens with one attached hydrogen (secondary N) is 1. The van der Waals surface area contributed by atoms with E-state index < -0.39 is 0 Å². The number of benzene rings is 2. The predicted octanol–water partition coefficient (Wildman–Crippen LogP) is 3.84. The zero-order valence-electron chi connectivity index (χ0n) is 15.0. The number of rotatable bonds is 4. The van der Waals surface area contributed by atoms with Gasteiger partial charge in [-0.3, -0.25) is 10.1 Å². The number of hydrogen-bond donors (Lipinski definition) is 1. The molecule has 28 heavy (non-hydrogen) atoms. The van der Waals surface area contributed by atoms with Gasteiger partial charge < -0.3 is 4.42 Å². The summed E-state index contributed by atoms with van der Waals surface area (Å²) >= 11 is 5.92. The molecule has 9 heteroatoms. The summed E-state index contributed by atoms with van der Waals surface area (Å²) in [6.07, 6.45) is 0. The highest BCUT2D eigenvalue weighted by molar-refractivity contribution is 6.30. The van der Waals surface area contributed by atoms with Crippen molar-refractivity contribution in [3.8, 4) is 17.3 Å². The Morgan fingerprint density at radius 3 is 2.43 bits per heavy atom. The van der Waals surface area contributed by atoms with Gasteiger partial charge in [-0.2, -0.15) is 0 Å². The number of amides is 1. The van der Waals surface area contributed by atoms with Crippen LogP contribution in [0.4, 0.5) is 6.01 Å². The number of carbonyl (C=O) groups is 1. The molecule has 4 rings (SSSR count). The lowest BCUT2D eigenvalue weighted by Gasteiger charge is -2.02. The minimum absolute atomic E-state index is 0.0129. The summed E-state index contributed by atoms with van der Waals surface area (Å²) in [5.41, 5.74) is 3.50. The van der Waals surface area contributed by atoms with Crippen LogP contribution in [0, 0.1) is 13.8 Å². The fraction of sp³-hybridized carbons (Fsp3) is 0.105. The van der Waals surface area contributed by atoms with E-state index in [9.17, 15) is 4.79 Å². The van der Waals surface area contributed by atoms with Crippen LogP contribution in [0.15, 0.2) is 52.9 Å². The first-order valence-corrected chi connectivity index (χ1v) is 8.79. The molecule has 0 spiro atoms. The van der Waals surface area contributed by atoms with Crippen LogP contribution >= 0.6 is 11.6 Å². The molecule has 1 amide bonds. The largest absolute Gasteiger partial charge is 0.401 e. The van der Waals surface area contributed by atoms with Crippen LogP contribution in [0.5, 0.6) is 0 Å². The topological polar surface area (TPSA) is 98.7 Å². The van der Waals surface area contributed by atoms with Crippen LogP contribution < -0.4 is 5.32 Å². The molecule has 1 N–H and O–H groups in total. The molecule has 2 heterocycles. The number of hydrogen-bond acceptors (Lipinski definition) is 6. The average molecular weight is 395 g/mol. The minimum Gasteiger partial charge on any atom is -0.401 e. The van der Waals surface area contributed by atoms with Crippen molar-refractivity contribution in [1.82, 2.24) is 25.2 Å². The molecule has 0 saturated carbocycles. The van der Waals surface area contributed by atoms with E-state index in [1.54, 1.807) is 28.9 Å². The Balaban J connectivity index is 1.55. The Morgan fingerprint density at radius 2 is 1.71 bits per heavy atom. The van der Waals surface area contributed by atoms with Crippen molar-refractivity contribution in [2.45, 2.75) is 13.8 Å². The fourth-order valence-corrected chi connectivity index (χ4v) is 2.72. The normalized spacial score (nSPS) is 10.8. The molecule has 4 aromatic rings. The zero-order chi connectivity index (χ0) is 19.7. The highest BCUT2D eigenvalue weighted by Crippen LogP contribution is 2.23. The lowest BCUT2D eigenvalue weighted by Crippen LogP contribution is -2.11. The maximum Gasteiger partial charge on any atom is 0.322 e. The van der Waals surface area contributed by atoms with Crippen molar-refractivity contribution in [3.05, 3.63) is 70.4 Å². The van der Waals surface area contributed by atoms with Gasteiger partial charge in [0, 0.05) is 10.6 Å². The van der Waals surface area contributed by atoms with E-state index in [2.05, 4.69) is 25.8 Å². The molecule has 2 aromatic carbocycles. The Morgan fingerprint density at radius 1 is 1.00 bits per heavy atom. The third-order valence-electron chi connectivity index (χ3n) is 4.13. The molecule has 0 fully saturated rings. The van der Waals surface area contributed by atoms with E-state index in [0.29, 0.717) is 22.0 Å². The van der Waals surface area contributed by atoms with E-state index in [0.717, 1.165) is 11.3 Å². The number of nitrogens with zero attached hydrogens (tertiary/aromatic N) is 5. The molecule has 8 nitrogen and oxygen atoms in total. The number of anilines is 1. The fourth-order valence-electron chi connectivity index (χ4n) is 2.60. The average Bonchev–Trinajstić information content (AvgIpc) is 3.29. The monoisotopic (exact) mass is 394 g/mol. The van der Waals surface area contributed by atoms with Crippen molar-refractivity contribution < 1.29 is 9.21 Å². The lowest BCUT2D eigenvalue weighted by atomic mass is 10.1. The Kier molecular flexibility index (Phi) is 4.62. The van der Waals surface area contributed by atoms with E-state index >= 15 is 0 Å². The molecule has 2 aromatic heterocycles. The van der Waals surface area contributed by atoms with Crippen LogP contribution in [-0.2, 0) is 0 Å². The quantitative estimate of drug-likeness (QED) is 0.564. The van der Waals surface area contributed by atoms with Gasteiger partial charge in [-0.1, -0.05) is 39.6 Å². The lowest BCUT2D eigenvalue weighted by molar-refractivity contribution is 0.102. The predicted molar refractivity (Wildman–Crippen MR) is 104 cm³/mol. The SMILES string of the molecule is Cc1ccc(C(=O)Nc2nnc(-c3nnn(-c4ccc(Cl)cc4)c3C)o2)cc1. The molecule has 0 saturated heterocycles. The number of aromatic nitrogens is 5. The van der Waals surface area contributed by atoms with Crippen molar-refractivity contribution in [2.24, 2.45) is 0 Å². The van der Waals surface area contributed by atoms with E-state index in [4.69, 9.17) is 16.0 Å². The first-order valence-electron chi connectivity index (χ1n) is 8.41. The van der Waals surface area contributed by atoms with Gasteiger partial charge in [-0.05, 0) is 50.2 Å². The van der Waals surface area contributed by atoms with Gasteiger partial charge in [0.2, 0.25) is 0 Å². The Bertz CT molecular complexity index is 1130. The van der Waals surface area contributed by atoms with E-state index in [1.165, 1.54) is 0 Å². The van der Waals surface area contributed by atoms with Gasteiger partial charge in [0.25, 0.3) is 11.8 Å². The summed E-state index contributed by atoms with van der Waals surface area (Å²) in [4.78, 5) is 12.3. The van der Waals surface area contributed by atoms with Gasteiger partial charge in [0.1, 0.15) is 0 Å². The molecular weight excluding hydrogens is 380 g/mol. The van der Waals surface area contributed by atoms with Crippen molar-refractivity contribution in [1.29, 1.82) is 0 Å². The second-order valence-electron chi connectivity index (χ2n) is 6.14. The summed E-state index contributed by atoms with van der Waals surface area (Å²) in [7, 11) is 0. The maximum absolute atomic E-state index is 12.3. The molecule has 0 radical (unpaired) electrons. The second-order valence-corrected chi connectivity index (χ2v) is 6.58. The van der Waals surface area contributed by atoms with E-state index in [1.807, 2.05) is 38.1 Å². The first-order chi connectivity index (χ1) is 13.5. The van der Waals surface area contributed by atoms with Gasteiger partial charge in [0.05, 0.1) is 11.4 Å². The number of carbonyl (C=O) groups excluding carboxylic acids is 1. The molecule has 0 bridgehead atoms. The van der Waals surface area contributed by atoms with Crippen LogP contribution in [0.2, 0.25) is 5.02 Å². The smallest absolute Gasteiger partial charge is 0.322 e. The second kappa shape index (κ2) is 7.24. The molecular formula is C19H15ClN6O2. The van der Waals surface area contributed by atoms with Crippen LogP contribution in [0.3, 0.4) is 0 Å². The molecule has 0 aliphatic carbocycles. The number of halogens is 1. The maximum atomic E-state index is 12.3. The Labute approximate surface area is 165 Å². The first kappa shape index (κ1) is 17.9. The summed E-state index contributed by atoms with van der Waals surface area (Å²) in [6, 6.07) is 14.3. The van der Waals surface area contributed by atoms with Gasteiger partial charge >= 0.3 is 6.01 Å². The van der Waals surface area contributed by atoms with Crippen molar-refractivity contribution >= 4 is 23.5 Å². The minimum atomic E-state index is -0.336. The van der Waals surface area contributed by atoms with E-state index in [-0.39, 0.29) is 17.8 Å². The van der Waals surface area contributed by atoms with Gasteiger partial charge in [0.15, 0.2) is 5.69 Å². The summed E-state index contributed by atoms with van der Waals surface area (Å²) < 4.78 is 7.18. The van der Waals surface area contributed by atoms with Crippen molar-refractivity contribution in [2.75, 3.05) is 5.32 Å². The van der Waals surface area contributed by atoms with Crippen molar-refractivity contribution in [3.63, 3.8) is 0 Å². The highest BCUT2D eigenvalue weighted by Gasteiger charge is 2.19. The van der Waals surface area contributed by atoms with Gasteiger partial charge in [-0.15, -0.1) is 10.2 Å². The van der Waals surface area contributed by atoms with Gasteiger partial charge in [-0.25, -0.2) is 4.68 Å². The highest BCUT2D eigenvalue weighted by atomic mass is 35.5. The molecule has 0 unspecified atom stereocenters. The van der Waals surface area contributed by atoms with Crippen LogP contribution in [0.25, 0.3) is 17.3 Å². The standard InChI is InChI=1S/C19H15ClN6O2/c1-11-3-5-13(6-4-11)17(27)21-19-24-23-18(28-19)16-12(2)26(25-22-16)15-9-7-14(20)8-10-15/h3-10H,1-2H3,(H,21,24,27). The third kappa shape index (κ3) is 3.49. The molecule has 0 atom stereocenters. The Hall–Kier alpha value is -3.52. The zero-order valence-corrected chi connectivity index (χ0v) is 15.8. The number of aryl methyl sites for hydroxylation is 1. The molecule has 140 valence electrons.